The molecule has 3 N–H and O–H groups in total. The number of phosphoric ester groups is 2. The van der Waals surface area contributed by atoms with Crippen LogP contribution >= 0.6 is 15.6 Å². The molecule has 0 saturated carbocycles. The summed E-state index contributed by atoms with van der Waals surface area (Å²) in [5.41, 5.74) is 0. The van der Waals surface area contributed by atoms with Gasteiger partial charge in [-0.05, 0) is 167 Å². The van der Waals surface area contributed by atoms with E-state index >= 15 is 0 Å². The van der Waals surface area contributed by atoms with E-state index in [1.54, 1.807) is 0 Å². The number of aliphatic hydroxyl groups excluding tert-OH is 1. The second-order valence-corrected chi connectivity index (χ2v) is 29.8. The smallest absolute Gasteiger partial charge is 0.462 e. The molecular weight excluding hydrogens is 1380 g/mol. The van der Waals surface area contributed by atoms with E-state index in [1.807, 2.05) is 0 Å². The lowest BCUT2D eigenvalue weighted by molar-refractivity contribution is -0.161. The van der Waals surface area contributed by atoms with E-state index in [2.05, 4.69) is 174 Å². The summed E-state index contributed by atoms with van der Waals surface area (Å²) in [6.07, 6.45) is 89.5. The molecule has 0 rings (SSSR count). The number of carbonyl (C=O) groups is 4. The van der Waals surface area contributed by atoms with Crippen molar-refractivity contribution in [1.29, 1.82) is 0 Å². The van der Waals surface area contributed by atoms with Gasteiger partial charge in [-0.1, -0.05) is 276 Å². The number of esters is 4. The Kier molecular flexibility index (Phi) is 74.3. The predicted molar refractivity (Wildman–Crippen MR) is 436 cm³/mol. The van der Waals surface area contributed by atoms with E-state index < -0.39 is 97.5 Å². The summed E-state index contributed by atoms with van der Waals surface area (Å²) < 4.78 is 68.7. The molecule has 0 amide bonds. The maximum absolute atomic E-state index is 13.1. The molecule has 606 valence electrons. The van der Waals surface area contributed by atoms with E-state index in [0.29, 0.717) is 25.7 Å². The van der Waals surface area contributed by atoms with E-state index in [4.69, 9.17) is 37.0 Å². The molecule has 17 nitrogen and oxygen atoms in total. The first-order valence-electron chi connectivity index (χ1n) is 41.1. The molecule has 0 heterocycles. The third kappa shape index (κ3) is 77.1. The van der Waals surface area contributed by atoms with Gasteiger partial charge in [0.05, 0.1) is 26.4 Å². The molecule has 0 fully saturated rings. The summed E-state index contributed by atoms with van der Waals surface area (Å²) in [6, 6.07) is 0. The lowest BCUT2D eigenvalue weighted by Gasteiger charge is -2.21. The molecule has 0 aromatic carbocycles. The van der Waals surface area contributed by atoms with E-state index in [-0.39, 0.29) is 25.7 Å². The Balaban J connectivity index is 5.43. The summed E-state index contributed by atoms with van der Waals surface area (Å²) in [6.45, 7) is 4.53. The van der Waals surface area contributed by atoms with E-state index in [1.165, 1.54) is 38.5 Å². The van der Waals surface area contributed by atoms with Gasteiger partial charge in [0, 0.05) is 25.7 Å². The molecule has 0 aliphatic carbocycles. The average molecular weight is 1530 g/mol. The number of aliphatic hydroxyl groups is 1. The molecule has 0 aromatic heterocycles. The van der Waals surface area contributed by atoms with Crippen LogP contribution in [0.15, 0.2) is 146 Å². The number of hydrogen-bond acceptors (Lipinski definition) is 15. The highest BCUT2D eigenvalue weighted by Gasteiger charge is 2.30. The quantitative estimate of drug-likeness (QED) is 0.0169. The van der Waals surface area contributed by atoms with Gasteiger partial charge in [0.25, 0.3) is 0 Å². The third-order valence-corrected chi connectivity index (χ3v) is 18.7. The maximum Gasteiger partial charge on any atom is 0.472 e. The van der Waals surface area contributed by atoms with Gasteiger partial charge < -0.3 is 33.8 Å². The molecule has 5 unspecified atom stereocenters. The van der Waals surface area contributed by atoms with Crippen molar-refractivity contribution in [2.45, 2.75) is 341 Å². The van der Waals surface area contributed by atoms with Gasteiger partial charge >= 0.3 is 39.5 Å². The largest absolute Gasteiger partial charge is 0.472 e. The number of unbranched alkanes of at least 4 members (excludes halogenated alkanes) is 26. The number of hydrogen-bond donors (Lipinski definition) is 3. The van der Waals surface area contributed by atoms with Crippen molar-refractivity contribution in [3.8, 4) is 0 Å². The molecule has 106 heavy (non-hydrogen) atoms. The van der Waals surface area contributed by atoms with Crippen molar-refractivity contribution < 1.29 is 80.2 Å². The summed E-state index contributed by atoms with van der Waals surface area (Å²) in [7, 11) is -9.99. The Morgan fingerprint density at radius 3 is 0.755 bits per heavy atom. The third-order valence-electron chi connectivity index (χ3n) is 16.8. The Morgan fingerprint density at radius 2 is 0.491 bits per heavy atom. The molecule has 0 spiro atoms. The molecular formula is C87H146O17P2. The maximum atomic E-state index is 13.1. The number of phosphoric acid groups is 2. The van der Waals surface area contributed by atoms with Crippen LogP contribution in [0.2, 0.25) is 0 Å². The predicted octanol–water partition coefficient (Wildman–Crippen LogP) is 24.2. The first-order chi connectivity index (χ1) is 51.7. The summed E-state index contributed by atoms with van der Waals surface area (Å²) in [4.78, 5) is 73.1. The zero-order valence-corrected chi connectivity index (χ0v) is 68.1. The lowest BCUT2D eigenvalue weighted by atomic mass is 10.1. The lowest BCUT2D eigenvalue weighted by Crippen LogP contribution is -2.30. The van der Waals surface area contributed by atoms with Crippen LogP contribution in [0.5, 0.6) is 0 Å². The SMILES string of the molecule is CC/C=C\C/C=C\C/C=C\C/C=C\CCCCCCC(=O)OC(COC(=O)CCCCCCCC/C=C\C/C=C\C/C=C\CCCCC)COP(=O)(O)OCC(O)COP(=O)(O)OCC(COC(=O)CCCCCCC/C=C\C/C=C\C/C=C\CC)OC(=O)CCCCCCC/C=C\C/C=C\CCCCC. The molecule has 19 heteroatoms. The van der Waals surface area contributed by atoms with Crippen molar-refractivity contribution in [1.82, 2.24) is 0 Å². The fourth-order valence-electron chi connectivity index (χ4n) is 10.6. The van der Waals surface area contributed by atoms with E-state index in [9.17, 15) is 43.2 Å². The van der Waals surface area contributed by atoms with Gasteiger partial charge in [-0.15, -0.1) is 0 Å². The van der Waals surface area contributed by atoms with Crippen molar-refractivity contribution in [3.05, 3.63) is 146 Å². The van der Waals surface area contributed by atoms with Crippen LogP contribution in [-0.2, 0) is 65.4 Å². The van der Waals surface area contributed by atoms with Crippen LogP contribution in [0, 0.1) is 0 Å². The van der Waals surface area contributed by atoms with Gasteiger partial charge in [0.1, 0.15) is 19.3 Å². The summed E-state index contributed by atoms with van der Waals surface area (Å²) >= 11 is 0. The Labute approximate surface area is 643 Å². The fourth-order valence-corrected chi connectivity index (χ4v) is 12.1. The summed E-state index contributed by atoms with van der Waals surface area (Å²) in [5.74, 6) is -2.25. The first kappa shape index (κ1) is 101. The van der Waals surface area contributed by atoms with E-state index in [0.717, 1.165) is 205 Å². The minimum absolute atomic E-state index is 0.0594. The van der Waals surface area contributed by atoms with Crippen LogP contribution in [0.4, 0.5) is 0 Å². The first-order valence-corrected chi connectivity index (χ1v) is 44.1. The van der Waals surface area contributed by atoms with Gasteiger partial charge in [-0.25, -0.2) is 9.13 Å². The van der Waals surface area contributed by atoms with Crippen LogP contribution in [0.25, 0.3) is 0 Å². The highest BCUT2D eigenvalue weighted by atomic mass is 31.2. The number of ether oxygens (including phenoxy) is 4. The molecule has 0 radical (unpaired) electrons. The Morgan fingerprint density at radius 1 is 0.274 bits per heavy atom. The molecule has 0 bridgehead atoms. The number of allylic oxidation sites excluding steroid dienone is 24. The van der Waals surface area contributed by atoms with Crippen LogP contribution in [0.1, 0.15) is 323 Å². The van der Waals surface area contributed by atoms with Gasteiger partial charge in [-0.3, -0.25) is 37.3 Å². The Hall–Kier alpha value is -5.06. The zero-order valence-electron chi connectivity index (χ0n) is 66.3. The Bertz CT molecular complexity index is 2580. The second kappa shape index (κ2) is 78.1. The highest BCUT2D eigenvalue weighted by molar-refractivity contribution is 7.47. The van der Waals surface area contributed by atoms with Gasteiger partial charge in [0.2, 0.25) is 0 Å². The van der Waals surface area contributed by atoms with Crippen molar-refractivity contribution in [3.63, 3.8) is 0 Å². The monoisotopic (exact) mass is 1530 g/mol. The summed E-state index contributed by atoms with van der Waals surface area (Å²) in [5, 5.41) is 10.7. The van der Waals surface area contributed by atoms with Crippen molar-refractivity contribution in [2.75, 3.05) is 39.6 Å². The topological polar surface area (TPSA) is 237 Å². The highest BCUT2D eigenvalue weighted by Crippen LogP contribution is 2.45. The fraction of sp³-hybridized carbons (Fsp3) is 0.678. The number of carbonyl (C=O) groups excluding carboxylic acids is 4. The van der Waals surface area contributed by atoms with Gasteiger partial charge in [-0.2, -0.15) is 0 Å². The van der Waals surface area contributed by atoms with Crippen LogP contribution in [0.3, 0.4) is 0 Å². The van der Waals surface area contributed by atoms with Crippen LogP contribution < -0.4 is 0 Å². The average Bonchev–Trinajstić information content (AvgIpc) is 0.907. The normalized spacial score (nSPS) is 14.6. The molecule has 0 aromatic rings. The minimum atomic E-state index is -5.00. The van der Waals surface area contributed by atoms with Crippen molar-refractivity contribution >= 4 is 39.5 Å². The molecule has 0 aliphatic rings. The second-order valence-electron chi connectivity index (χ2n) is 26.9. The molecule has 0 aliphatic heterocycles. The van der Waals surface area contributed by atoms with Crippen LogP contribution in [-0.4, -0.2) is 96.7 Å². The zero-order chi connectivity index (χ0) is 77.4. The minimum Gasteiger partial charge on any atom is -0.462 e. The standard InChI is InChI=1S/C87H146O17P2/c1-5-9-13-17-21-25-29-33-37-39-40-42-45-48-52-56-60-64-68-72-85(90)98-78-83(104-87(92)74-70-66-62-58-54-50-46-41-38-34-30-26-22-18-14-10-6-2)80-102-106(95,96)100-76-81(88)75-99-105(93,94)101-79-82(103-86(91)73-69-65-61-57-53-49-44-36-32-28-24-20-16-12-8-4)77-97-84(89)71-67-63-59-55-51-47-43-35-31-27-23-19-15-11-7-3/h10-11,14-15,21-28,33-38,40,42-44,46,50,81-83,88H,5-9,12-13,16-20,29-32,39,41,45,47-49,51-80H2,1-4H3,(H,93,94)(H,95,96)/b14-10-,15-11-,25-21-,26-22-,27-23-,28-24-,37-33-,38-34-,42-40-,43-35-,44-36-,50-46-. The van der Waals surface area contributed by atoms with Crippen molar-refractivity contribution in [2.24, 2.45) is 0 Å². The molecule has 0 saturated heterocycles. The number of rotatable bonds is 76. The molecule has 5 atom stereocenters. The van der Waals surface area contributed by atoms with Gasteiger partial charge in [0.15, 0.2) is 12.2 Å².